The zero-order chi connectivity index (χ0) is 18.4. The first-order valence-electron chi connectivity index (χ1n) is 8.71. The van der Waals surface area contributed by atoms with Crippen molar-refractivity contribution >= 4 is 29.3 Å². The molecule has 1 fully saturated rings. The second-order valence-electron chi connectivity index (χ2n) is 6.36. The average molecular weight is 369 g/mol. The van der Waals surface area contributed by atoms with E-state index in [0.29, 0.717) is 6.04 Å². The van der Waals surface area contributed by atoms with Crippen LogP contribution in [0.5, 0.6) is 0 Å². The number of nitrogens with zero attached hydrogens (tertiary/aromatic N) is 1. The highest BCUT2D eigenvalue weighted by Gasteiger charge is 2.24. The molecule has 5 nitrogen and oxygen atoms in total. The maximum absolute atomic E-state index is 12.3. The fraction of sp³-hybridized carbons (Fsp3) is 0.300. The Kier molecular flexibility index (Phi) is 6.17. The Labute approximate surface area is 158 Å². The van der Waals surface area contributed by atoms with Crippen LogP contribution in [-0.4, -0.2) is 42.9 Å². The van der Waals surface area contributed by atoms with Crippen LogP contribution in [0.3, 0.4) is 0 Å². The molecule has 1 saturated carbocycles. The van der Waals surface area contributed by atoms with E-state index in [1.165, 1.54) is 4.90 Å². The molecule has 0 heterocycles. The summed E-state index contributed by atoms with van der Waals surface area (Å²) in [7, 11) is 1.65. The predicted octanol–water partition coefficient (Wildman–Crippen LogP) is 2.99. The lowest BCUT2D eigenvalue weighted by Gasteiger charge is -2.18. The minimum Gasteiger partial charge on any atom is -0.375 e. The Morgan fingerprint density at radius 1 is 1.08 bits per heavy atom. The third-order valence-electron chi connectivity index (χ3n) is 4.04. The maximum Gasteiger partial charge on any atom is 0.242 e. The van der Waals surface area contributed by atoms with Gasteiger partial charge in [0.15, 0.2) is 0 Å². The number of amides is 2. The number of nitrogens with one attached hydrogen (secondary N) is 2. The molecule has 2 aromatic rings. The van der Waals surface area contributed by atoms with Crippen LogP contribution in [0.15, 0.2) is 64.4 Å². The van der Waals surface area contributed by atoms with Crippen LogP contribution in [0.4, 0.5) is 5.69 Å². The zero-order valence-electron chi connectivity index (χ0n) is 14.8. The summed E-state index contributed by atoms with van der Waals surface area (Å²) in [5.74, 6) is -0.209. The molecule has 6 heteroatoms. The van der Waals surface area contributed by atoms with E-state index in [-0.39, 0.29) is 24.9 Å². The molecule has 0 aromatic heterocycles. The van der Waals surface area contributed by atoms with E-state index in [2.05, 4.69) is 22.8 Å². The molecule has 26 heavy (non-hydrogen) atoms. The monoisotopic (exact) mass is 369 g/mol. The number of benzene rings is 2. The van der Waals surface area contributed by atoms with E-state index < -0.39 is 0 Å². The molecule has 0 unspecified atom stereocenters. The minimum atomic E-state index is -0.115. The molecule has 0 aliphatic heterocycles. The van der Waals surface area contributed by atoms with Crippen LogP contribution in [0.1, 0.15) is 12.8 Å². The molecule has 1 aliphatic rings. The van der Waals surface area contributed by atoms with Crippen molar-refractivity contribution < 1.29 is 9.59 Å². The normalized spacial score (nSPS) is 13.1. The lowest BCUT2D eigenvalue weighted by Crippen LogP contribution is -2.41. The Bertz CT molecular complexity index is 763. The Balaban J connectivity index is 1.53. The minimum absolute atomic E-state index is 0.0941. The van der Waals surface area contributed by atoms with Crippen molar-refractivity contribution in [1.29, 1.82) is 0 Å². The number of anilines is 1. The quantitative estimate of drug-likeness (QED) is 0.751. The largest absolute Gasteiger partial charge is 0.375 e. The van der Waals surface area contributed by atoms with Gasteiger partial charge in [-0.1, -0.05) is 42.1 Å². The maximum atomic E-state index is 12.3. The second kappa shape index (κ2) is 8.76. The van der Waals surface area contributed by atoms with Gasteiger partial charge in [0.05, 0.1) is 13.1 Å². The van der Waals surface area contributed by atoms with E-state index in [9.17, 15) is 9.59 Å². The molecule has 1 aliphatic carbocycles. The number of para-hydroxylation sites is 1. The van der Waals surface area contributed by atoms with E-state index in [1.807, 2.05) is 42.5 Å². The molecule has 0 bridgehead atoms. The second-order valence-corrected chi connectivity index (χ2v) is 7.47. The lowest BCUT2D eigenvalue weighted by molar-refractivity contribution is -0.133. The van der Waals surface area contributed by atoms with E-state index in [1.54, 1.807) is 18.8 Å². The smallest absolute Gasteiger partial charge is 0.242 e. The molecular formula is C20H23N3O2S. The van der Waals surface area contributed by atoms with E-state index in [4.69, 9.17) is 0 Å². The van der Waals surface area contributed by atoms with Crippen LogP contribution in [0.2, 0.25) is 0 Å². The van der Waals surface area contributed by atoms with Gasteiger partial charge < -0.3 is 15.5 Å². The van der Waals surface area contributed by atoms with Gasteiger partial charge in [-0.2, -0.15) is 0 Å². The summed E-state index contributed by atoms with van der Waals surface area (Å²) in [5.41, 5.74) is 0.908. The summed E-state index contributed by atoms with van der Waals surface area (Å²) in [4.78, 5) is 27.8. The highest BCUT2D eigenvalue weighted by atomic mass is 32.2. The molecule has 0 radical (unpaired) electrons. The number of hydrogen-bond acceptors (Lipinski definition) is 4. The van der Waals surface area contributed by atoms with Gasteiger partial charge in [-0.25, -0.2) is 0 Å². The van der Waals surface area contributed by atoms with Gasteiger partial charge in [-0.05, 0) is 37.1 Å². The highest BCUT2D eigenvalue weighted by Crippen LogP contribution is 2.33. The Morgan fingerprint density at radius 2 is 1.77 bits per heavy atom. The summed E-state index contributed by atoms with van der Waals surface area (Å²) in [6, 6.07) is 18.3. The molecule has 2 amide bonds. The number of hydrogen-bond donors (Lipinski definition) is 2. The SMILES string of the molecule is CN(CC(=O)NC1CC1)C(=O)CNc1ccccc1Sc1ccccc1. The first-order chi connectivity index (χ1) is 12.6. The molecule has 2 N–H and O–H groups in total. The van der Waals surface area contributed by atoms with Gasteiger partial charge >= 0.3 is 0 Å². The molecular weight excluding hydrogens is 346 g/mol. The van der Waals surface area contributed by atoms with Crippen LogP contribution in [0.25, 0.3) is 0 Å². The fourth-order valence-electron chi connectivity index (χ4n) is 2.43. The summed E-state index contributed by atoms with van der Waals surface area (Å²) in [6.45, 7) is 0.247. The predicted molar refractivity (Wildman–Crippen MR) is 104 cm³/mol. The van der Waals surface area contributed by atoms with Crippen LogP contribution in [0, 0.1) is 0 Å². The van der Waals surface area contributed by atoms with Crippen molar-refractivity contribution in [1.82, 2.24) is 10.2 Å². The molecule has 0 saturated heterocycles. The molecule has 136 valence electrons. The van der Waals surface area contributed by atoms with Gasteiger partial charge in [0.2, 0.25) is 11.8 Å². The fourth-order valence-corrected chi connectivity index (χ4v) is 3.37. The molecule has 0 atom stereocenters. The summed E-state index contributed by atoms with van der Waals surface area (Å²) < 4.78 is 0. The first-order valence-corrected chi connectivity index (χ1v) is 9.52. The standard InChI is InChI=1S/C20H23N3O2S/c1-23(14-19(24)22-15-11-12-15)20(25)13-21-17-9-5-6-10-18(17)26-16-7-3-2-4-8-16/h2-10,15,21H,11-14H2,1H3,(H,22,24). The third-order valence-corrected chi connectivity index (χ3v) is 5.12. The van der Waals surface area contributed by atoms with Gasteiger partial charge in [0, 0.05) is 28.6 Å². The lowest BCUT2D eigenvalue weighted by atomic mass is 10.3. The number of rotatable bonds is 8. The first kappa shape index (κ1) is 18.3. The van der Waals surface area contributed by atoms with Crippen molar-refractivity contribution in [2.75, 3.05) is 25.5 Å². The van der Waals surface area contributed by atoms with Crippen molar-refractivity contribution in [2.45, 2.75) is 28.7 Å². The summed E-state index contributed by atoms with van der Waals surface area (Å²) in [6.07, 6.45) is 2.08. The molecule has 2 aromatic carbocycles. The van der Waals surface area contributed by atoms with Crippen molar-refractivity contribution in [3.8, 4) is 0 Å². The van der Waals surface area contributed by atoms with Gasteiger partial charge in [-0.3, -0.25) is 9.59 Å². The third kappa shape index (κ3) is 5.52. The average Bonchev–Trinajstić information content (AvgIpc) is 3.45. The summed E-state index contributed by atoms with van der Waals surface area (Å²) >= 11 is 1.65. The van der Waals surface area contributed by atoms with E-state index >= 15 is 0 Å². The number of likely N-dealkylation sites (N-methyl/N-ethyl adjacent to an activating group) is 1. The van der Waals surface area contributed by atoms with Crippen molar-refractivity contribution in [2.24, 2.45) is 0 Å². The number of carbonyl (C=O) groups excluding carboxylic acids is 2. The highest BCUT2D eigenvalue weighted by molar-refractivity contribution is 7.99. The van der Waals surface area contributed by atoms with Crippen LogP contribution < -0.4 is 10.6 Å². The zero-order valence-corrected chi connectivity index (χ0v) is 15.6. The van der Waals surface area contributed by atoms with Crippen molar-refractivity contribution in [3.63, 3.8) is 0 Å². The topological polar surface area (TPSA) is 61.4 Å². The van der Waals surface area contributed by atoms with Gasteiger partial charge in [0.1, 0.15) is 0 Å². The molecule has 0 spiro atoms. The van der Waals surface area contributed by atoms with Crippen LogP contribution >= 0.6 is 11.8 Å². The molecule has 3 rings (SSSR count). The number of carbonyl (C=O) groups is 2. The van der Waals surface area contributed by atoms with Gasteiger partial charge in [0.25, 0.3) is 0 Å². The van der Waals surface area contributed by atoms with E-state index in [0.717, 1.165) is 28.3 Å². The Hall–Kier alpha value is -2.47. The summed E-state index contributed by atoms with van der Waals surface area (Å²) in [5, 5.41) is 6.09. The van der Waals surface area contributed by atoms with Crippen LogP contribution in [-0.2, 0) is 9.59 Å². The Morgan fingerprint density at radius 3 is 2.50 bits per heavy atom. The van der Waals surface area contributed by atoms with Gasteiger partial charge in [-0.15, -0.1) is 0 Å². The van der Waals surface area contributed by atoms with Crippen molar-refractivity contribution in [3.05, 3.63) is 54.6 Å².